The second kappa shape index (κ2) is 7.29. The Balaban J connectivity index is 0.00000208. The molecule has 1 saturated heterocycles. The molecule has 1 aromatic rings. The number of nitrogens with one attached hydrogen (secondary N) is 3. The van der Waals surface area contributed by atoms with Gasteiger partial charge in [-0.1, -0.05) is 12.8 Å². The van der Waals surface area contributed by atoms with Crippen LogP contribution in [0.3, 0.4) is 0 Å². The van der Waals surface area contributed by atoms with Crippen LogP contribution in [0.4, 0.5) is 11.4 Å². The first-order valence-electron chi connectivity index (χ1n) is 7.99. The van der Waals surface area contributed by atoms with Crippen molar-refractivity contribution in [1.29, 1.82) is 0 Å². The van der Waals surface area contributed by atoms with Gasteiger partial charge in [-0.25, -0.2) is 8.42 Å². The van der Waals surface area contributed by atoms with Crippen molar-refractivity contribution in [3.05, 3.63) is 24.3 Å². The van der Waals surface area contributed by atoms with Crippen LogP contribution in [0.25, 0.3) is 0 Å². The number of anilines is 2. The zero-order chi connectivity index (χ0) is 16.5. The lowest BCUT2D eigenvalue weighted by Gasteiger charge is -2.37. The van der Waals surface area contributed by atoms with Crippen molar-refractivity contribution in [2.45, 2.75) is 25.7 Å². The molecule has 3 rings (SSSR count). The minimum Gasteiger partial charge on any atom is -0.326 e. The third-order valence-electron chi connectivity index (χ3n) is 4.94. The van der Waals surface area contributed by atoms with Gasteiger partial charge in [0, 0.05) is 17.9 Å². The van der Waals surface area contributed by atoms with Crippen LogP contribution in [0.15, 0.2) is 24.3 Å². The topological polar surface area (TPSA) is 87.3 Å². The molecular weight excluding hydrogens is 350 g/mol. The Morgan fingerprint density at radius 1 is 1.21 bits per heavy atom. The summed E-state index contributed by atoms with van der Waals surface area (Å²) in [5, 5.41) is 6.38. The monoisotopic (exact) mass is 373 g/mol. The molecule has 1 aliphatic carbocycles. The number of halogens is 1. The maximum absolute atomic E-state index is 12.8. The summed E-state index contributed by atoms with van der Waals surface area (Å²) in [5.41, 5.74) is 0.892. The summed E-state index contributed by atoms with van der Waals surface area (Å²) in [5.74, 6) is 0.499. The molecule has 1 aliphatic heterocycles. The number of rotatable bonds is 4. The Morgan fingerprint density at radius 2 is 1.88 bits per heavy atom. The number of benzene rings is 1. The number of hydrogen-bond donors (Lipinski definition) is 3. The third-order valence-corrected chi connectivity index (χ3v) is 5.54. The minimum atomic E-state index is -3.29. The van der Waals surface area contributed by atoms with Crippen LogP contribution in [0.1, 0.15) is 25.7 Å². The second-order valence-corrected chi connectivity index (χ2v) is 8.38. The van der Waals surface area contributed by atoms with Gasteiger partial charge in [0.05, 0.1) is 11.7 Å². The fraction of sp³-hybridized carbons (Fsp3) is 0.562. The Morgan fingerprint density at radius 3 is 2.54 bits per heavy atom. The molecule has 24 heavy (non-hydrogen) atoms. The first kappa shape index (κ1) is 19.0. The molecule has 3 N–H and O–H groups in total. The molecule has 0 unspecified atom stereocenters. The molecule has 1 saturated carbocycles. The largest absolute Gasteiger partial charge is 0.326 e. The molecule has 134 valence electrons. The molecule has 0 radical (unpaired) electrons. The van der Waals surface area contributed by atoms with Gasteiger partial charge >= 0.3 is 0 Å². The molecule has 6 nitrogen and oxygen atoms in total. The summed E-state index contributed by atoms with van der Waals surface area (Å²) in [6.45, 7) is 1.67. The van der Waals surface area contributed by atoms with Crippen LogP contribution in [0, 0.1) is 11.3 Å². The highest BCUT2D eigenvalue weighted by atomic mass is 35.5. The Hall–Kier alpha value is -1.31. The SMILES string of the molecule is CS(=O)(=O)Nc1ccc(NC(=O)[C@@]23CCCC[C@H]2CNC3)cc1.Cl. The predicted octanol–water partition coefficient (Wildman–Crippen LogP) is 2.20. The number of carbonyl (C=O) groups is 1. The normalized spacial score (nSPS) is 26.1. The fourth-order valence-corrected chi connectivity index (χ4v) is 4.35. The molecule has 1 aromatic carbocycles. The van der Waals surface area contributed by atoms with Crippen LogP contribution >= 0.6 is 12.4 Å². The van der Waals surface area contributed by atoms with E-state index in [1.54, 1.807) is 24.3 Å². The van der Waals surface area contributed by atoms with Crippen LogP contribution in [0.2, 0.25) is 0 Å². The zero-order valence-electron chi connectivity index (χ0n) is 13.7. The summed E-state index contributed by atoms with van der Waals surface area (Å²) in [7, 11) is -3.29. The maximum atomic E-state index is 12.8. The summed E-state index contributed by atoms with van der Waals surface area (Å²) >= 11 is 0. The molecule has 0 bridgehead atoms. The van der Waals surface area contributed by atoms with Gasteiger partial charge < -0.3 is 10.6 Å². The standard InChI is InChI=1S/C16H23N3O3S.ClH/c1-23(21,22)19-14-7-5-13(6-8-14)18-15(20)16-9-3-2-4-12(16)10-17-11-16;/h5-8,12,17,19H,2-4,9-11H2,1H3,(H,18,20);1H/t12-,16+;/m0./s1. The molecule has 2 atom stereocenters. The van der Waals surface area contributed by atoms with Crippen molar-refractivity contribution < 1.29 is 13.2 Å². The lowest BCUT2D eigenvalue weighted by molar-refractivity contribution is -0.128. The van der Waals surface area contributed by atoms with Gasteiger partial charge in [-0.15, -0.1) is 12.4 Å². The molecule has 1 amide bonds. The summed E-state index contributed by atoms with van der Waals surface area (Å²) in [4.78, 5) is 12.8. The zero-order valence-corrected chi connectivity index (χ0v) is 15.3. The lowest BCUT2D eigenvalue weighted by atomic mass is 9.67. The molecular formula is C16H24ClN3O3S. The Labute approximate surface area is 149 Å². The minimum absolute atomic E-state index is 0. The van der Waals surface area contributed by atoms with E-state index in [0.717, 1.165) is 38.6 Å². The highest BCUT2D eigenvalue weighted by Crippen LogP contribution is 2.44. The van der Waals surface area contributed by atoms with E-state index in [1.165, 1.54) is 6.42 Å². The highest BCUT2D eigenvalue weighted by molar-refractivity contribution is 7.92. The van der Waals surface area contributed by atoms with E-state index in [9.17, 15) is 13.2 Å². The van der Waals surface area contributed by atoms with Crippen molar-refractivity contribution in [1.82, 2.24) is 5.32 Å². The van der Waals surface area contributed by atoms with Crippen molar-refractivity contribution >= 4 is 39.7 Å². The van der Waals surface area contributed by atoms with E-state index < -0.39 is 10.0 Å². The third kappa shape index (κ3) is 4.02. The lowest BCUT2D eigenvalue weighted by Crippen LogP contribution is -2.44. The van der Waals surface area contributed by atoms with Gasteiger partial charge in [-0.05, 0) is 49.6 Å². The van der Waals surface area contributed by atoms with Crippen molar-refractivity contribution in [3.8, 4) is 0 Å². The molecule has 0 spiro atoms. The van der Waals surface area contributed by atoms with Crippen LogP contribution < -0.4 is 15.4 Å². The van der Waals surface area contributed by atoms with Crippen molar-refractivity contribution in [2.75, 3.05) is 29.4 Å². The molecule has 8 heteroatoms. The van der Waals surface area contributed by atoms with Crippen molar-refractivity contribution in [3.63, 3.8) is 0 Å². The quantitative estimate of drug-likeness (QED) is 0.755. The predicted molar refractivity (Wildman–Crippen MR) is 98.0 cm³/mol. The van der Waals surface area contributed by atoms with E-state index in [2.05, 4.69) is 15.4 Å². The number of hydrogen-bond acceptors (Lipinski definition) is 4. The Bertz CT molecular complexity index is 693. The second-order valence-electron chi connectivity index (χ2n) is 6.64. The van der Waals surface area contributed by atoms with Crippen molar-refractivity contribution in [2.24, 2.45) is 11.3 Å². The number of sulfonamides is 1. The number of carbonyl (C=O) groups excluding carboxylic acids is 1. The van der Waals surface area contributed by atoms with Gasteiger partial charge in [0.2, 0.25) is 15.9 Å². The maximum Gasteiger partial charge on any atom is 0.232 e. The average molecular weight is 374 g/mol. The molecule has 1 heterocycles. The number of fused-ring (bicyclic) bond motifs is 1. The van der Waals surface area contributed by atoms with Gasteiger partial charge in [0.25, 0.3) is 0 Å². The van der Waals surface area contributed by atoms with Gasteiger partial charge in [-0.3, -0.25) is 9.52 Å². The Kier molecular flexibility index (Phi) is 5.78. The van der Waals surface area contributed by atoms with E-state index in [-0.39, 0.29) is 23.7 Å². The summed E-state index contributed by atoms with van der Waals surface area (Å²) in [6, 6.07) is 6.75. The van der Waals surface area contributed by atoms with Gasteiger partial charge in [0.1, 0.15) is 0 Å². The summed E-state index contributed by atoms with van der Waals surface area (Å²) in [6.07, 6.45) is 5.45. The van der Waals surface area contributed by atoms with E-state index in [1.807, 2.05) is 0 Å². The average Bonchev–Trinajstić information content (AvgIpc) is 2.93. The van der Waals surface area contributed by atoms with E-state index >= 15 is 0 Å². The first-order valence-corrected chi connectivity index (χ1v) is 9.88. The molecule has 2 fully saturated rings. The van der Waals surface area contributed by atoms with Crippen LogP contribution in [0.5, 0.6) is 0 Å². The fourth-order valence-electron chi connectivity index (χ4n) is 3.78. The van der Waals surface area contributed by atoms with E-state index in [0.29, 0.717) is 17.3 Å². The highest BCUT2D eigenvalue weighted by Gasteiger charge is 2.49. The van der Waals surface area contributed by atoms with Gasteiger partial charge in [-0.2, -0.15) is 0 Å². The smallest absolute Gasteiger partial charge is 0.232 e. The number of amides is 1. The molecule has 0 aromatic heterocycles. The summed E-state index contributed by atoms with van der Waals surface area (Å²) < 4.78 is 24.8. The van der Waals surface area contributed by atoms with Gasteiger partial charge in [0.15, 0.2) is 0 Å². The van der Waals surface area contributed by atoms with E-state index in [4.69, 9.17) is 0 Å². The first-order chi connectivity index (χ1) is 10.9. The van der Waals surface area contributed by atoms with Crippen LogP contribution in [-0.2, 0) is 14.8 Å². The molecule has 2 aliphatic rings. The van der Waals surface area contributed by atoms with Crippen LogP contribution in [-0.4, -0.2) is 33.7 Å².